The molecular weight excluding hydrogens is 367 g/mol. The van der Waals surface area contributed by atoms with E-state index in [1.807, 2.05) is 22.6 Å². The van der Waals surface area contributed by atoms with E-state index < -0.39 is 18.7 Å². The van der Waals surface area contributed by atoms with Crippen LogP contribution in [-0.2, 0) is 0 Å². The van der Waals surface area contributed by atoms with E-state index in [1.165, 1.54) is 0 Å². The van der Waals surface area contributed by atoms with Gasteiger partial charge in [0, 0.05) is 15.0 Å². The summed E-state index contributed by atoms with van der Waals surface area (Å²) >= 11 is 7.79. The Hall–Kier alpha value is -0.0100. The molecule has 0 saturated carbocycles. The Morgan fingerprint density at radius 3 is 2.59 bits per heavy atom. The maximum absolute atomic E-state index is 11.9. The van der Waals surface area contributed by atoms with Crippen molar-refractivity contribution in [3.63, 3.8) is 0 Å². The summed E-state index contributed by atoms with van der Waals surface area (Å²) in [5.74, 6) is 0. The highest BCUT2D eigenvalue weighted by Gasteiger charge is 2.26. The van der Waals surface area contributed by atoms with Crippen LogP contribution in [-0.4, -0.2) is 11.3 Å². The number of hydrogen-bond acceptors (Lipinski definition) is 1. The van der Waals surface area contributed by atoms with Crippen molar-refractivity contribution >= 4 is 34.2 Å². The van der Waals surface area contributed by atoms with Crippen molar-refractivity contribution in [2.75, 3.05) is 0 Å². The summed E-state index contributed by atoms with van der Waals surface area (Å²) in [6.45, 7) is 0. The van der Waals surface area contributed by atoms with Crippen molar-refractivity contribution in [1.29, 1.82) is 0 Å². The highest BCUT2D eigenvalue weighted by atomic mass is 127. The number of benzene rings is 1. The minimum Gasteiger partial charge on any atom is -0.388 e. The molecule has 0 bridgehead atoms. The molecule has 1 aromatic rings. The maximum Gasteiger partial charge on any atom is 0.389 e. The van der Waals surface area contributed by atoms with Crippen LogP contribution in [0.25, 0.3) is 0 Å². The van der Waals surface area contributed by atoms with Crippen molar-refractivity contribution in [2.45, 2.75) is 31.5 Å². The lowest BCUT2D eigenvalue weighted by atomic mass is 10.0. The minimum absolute atomic E-state index is 0.0792. The van der Waals surface area contributed by atoms with E-state index in [0.29, 0.717) is 10.6 Å². The van der Waals surface area contributed by atoms with Gasteiger partial charge in [0.15, 0.2) is 0 Å². The van der Waals surface area contributed by atoms with E-state index >= 15 is 0 Å². The summed E-state index contributed by atoms with van der Waals surface area (Å²) < 4.78 is 36.6. The summed E-state index contributed by atoms with van der Waals surface area (Å²) in [6.07, 6.45) is -5.95. The van der Waals surface area contributed by atoms with Crippen molar-refractivity contribution in [2.24, 2.45) is 0 Å². The van der Waals surface area contributed by atoms with Gasteiger partial charge in [-0.15, -0.1) is 0 Å². The van der Waals surface area contributed by atoms with Gasteiger partial charge in [-0.2, -0.15) is 13.2 Å². The molecule has 0 aliphatic heterocycles. The van der Waals surface area contributed by atoms with Gasteiger partial charge in [-0.1, -0.05) is 11.6 Å². The lowest BCUT2D eigenvalue weighted by Gasteiger charge is -2.14. The predicted molar refractivity (Wildman–Crippen MR) is 69.0 cm³/mol. The Bertz CT molecular complexity index is 381. The molecule has 1 unspecified atom stereocenters. The Labute approximate surface area is 116 Å². The second kappa shape index (κ2) is 6.24. The lowest BCUT2D eigenvalue weighted by molar-refractivity contribution is -0.136. The third-order valence-electron chi connectivity index (χ3n) is 2.25. The van der Waals surface area contributed by atoms with E-state index in [9.17, 15) is 18.3 Å². The van der Waals surface area contributed by atoms with E-state index in [0.717, 1.165) is 3.57 Å². The molecular formula is C11H11ClF3IO. The highest BCUT2D eigenvalue weighted by molar-refractivity contribution is 14.1. The number of aliphatic hydroxyl groups is 1. The zero-order valence-corrected chi connectivity index (χ0v) is 11.7. The van der Waals surface area contributed by atoms with Crippen LogP contribution in [0.4, 0.5) is 13.2 Å². The quantitative estimate of drug-likeness (QED) is 0.752. The van der Waals surface area contributed by atoms with Crippen LogP contribution < -0.4 is 0 Å². The molecule has 0 amide bonds. The summed E-state index contributed by atoms with van der Waals surface area (Å²) in [4.78, 5) is 0. The normalized spacial score (nSPS) is 13.8. The van der Waals surface area contributed by atoms with E-state index in [2.05, 4.69) is 0 Å². The zero-order chi connectivity index (χ0) is 13.1. The lowest BCUT2D eigenvalue weighted by Crippen LogP contribution is -2.08. The molecule has 6 heteroatoms. The Morgan fingerprint density at radius 1 is 1.35 bits per heavy atom. The molecule has 1 atom stereocenters. The maximum atomic E-state index is 11.9. The van der Waals surface area contributed by atoms with Gasteiger partial charge < -0.3 is 5.11 Å². The predicted octanol–water partition coefficient (Wildman–Crippen LogP) is 4.71. The van der Waals surface area contributed by atoms with Gasteiger partial charge in [-0.25, -0.2) is 0 Å². The molecule has 0 aliphatic carbocycles. The molecule has 17 heavy (non-hydrogen) atoms. The van der Waals surface area contributed by atoms with Crippen molar-refractivity contribution in [1.82, 2.24) is 0 Å². The van der Waals surface area contributed by atoms with Gasteiger partial charge in [0.1, 0.15) is 0 Å². The van der Waals surface area contributed by atoms with Crippen LogP contribution >= 0.6 is 34.2 Å². The molecule has 1 nitrogen and oxygen atoms in total. The fourth-order valence-corrected chi connectivity index (χ4v) is 2.30. The fraction of sp³-hybridized carbons (Fsp3) is 0.455. The molecule has 0 aromatic heterocycles. The third-order valence-corrected chi connectivity index (χ3v) is 3.47. The summed E-state index contributed by atoms with van der Waals surface area (Å²) in [5.41, 5.74) is 0.584. The zero-order valence-electron chi connectivity index (χ0n) is 8.77. The molecule has 1 aromatic carbocycles. The van der Waals surface area contributed by atoms with Crippen molar-refractivity contribution in [3.05, 3.63) is 32.4 Å². The minimum atomic E-state index is -4.17. The first-order valence-corrected chi connectivity index (χ1v) is 6.45. The third kappa shape index (κ3) is 5.44. The summed E-state index contributed by atoms with van der Waals surface area (Å²) in [7, 11) is 0. The van der Waals surface area contributed by atoms with Gasteiger partial charge in [-0.3, -0.25) is 0 Å². The Morgan fingerprint density at radius 2 is 2.00 bits per heavy atom. The van der Waals surface area contributed by atoms with Gasteiger partial charge in [0.2, 0.25) is 0 Å². The summed E-state index contributed by atoms with van der Waals surface area (Å²) in [6, 6.07) is 4.99. The van der Waals surface area contributed by atoms with Crippen molar-refractivity contribution in [3.8, 4) is 0 Å². The van der Waals surface area contributed by atoms with Crippen LogP contribution in [0.2, 0.25) is 5.02 Å². The van der Waals surface area contributed by atoms with Gasteiger partial charge in [0.25, 0.3) is 0 Å². The molecule has 1 rings (SSSR count). The summed E-state index contributed by atoms with van der Waals surface area (Å²) in [5, 5.41) is 10.3. The van der Waals surface area contributed by atoms with Gasteiger partial charge >= 0.3 is 6.18 Å². The first-order chi connectivity index (χ1) is 7.79. The van der Waals surface area contributed by atoms with E-state index in [-0.39, 0.29) is 12.8 Å². The van der Waals surface area contributed by atoms with Crippen LogP contribution in [0.1, 0.15) is 30.9 Å². The first kappa shape index (κ1) is 15.0. The van der Waals surface area contributed by atoms with E-state index in [4.69, 9.17) is 11.6 Å². The van der Waals surface area contributed by atoms with Gasteiger partial charge in [0.05, 0.1) is 6.10 Å². The number of rotatable bonds is 4. The molecule has 0 heterocycles. The second-order valence-corrected chi connectivity index (χ2v) is 5.29. The number of hydrogen-bond donors (Lipinski definition) is 1. The Kier molecular flexibility index (Phi) is 5.53. The highest BCUT2D eigenvalue weighted by Crippen LogP contribution is 2.29. The van der Waals surface area contributed by atoms with Crippen LogP contribution in [0.15, 0.2) is 18.2 Å². The molecule has 0 saturated heterocycles. The molecule has 96 valence electrons. The largest absolute Gasteiger partial charge is 0.389 e. The molecule has 0 radical (unpaired) electrons. The van der Waals surface area contributed by atoms with E-state index in [1.54, 1.807) is 18.2 Å². The topological polar surface area (TPSA) is 20.2 Å². The van der Waals surface area contributed by atoms with Crippen LogP contribution in [0, 0.1) is 3.57 Å². The van der Waals surface area contributed by atoms with Crippen LogP contribution in [0.5, 0.6) is 0 Å². The monoisotopic (exact) mass is 378 g/mol. The first-order valence-electron chi connectivity index (χ1n) is 4.99. The average molecular weight is 379 g/mol. The van der Waals surface area contributed by atoms with Crippen LogP contribution in [0.3, 0.4) is 0 Å². The number of aliphatic hydroxyl groups excluding tert-OH is 1. The SMILES string of the molecule is OC(CCCC(F)(F)F)c1cc(Cl)ccc1I. The standard InChI is InChI=1S/C11H11ClF3IO/c12-7-3-4-9(16)8(6-7)10(17)2-1-5-11(13,14)15/h3-4,6,10,17H,1-2,5H2. The fourth-order valence-electron chi connectivity index (χ4n) is 1.42. The molecule has 1 N–H and O–H groups in total. The molecule has 0 spiro atoms. The second-order valence-electron chi connectivity index (χ2n) is 3.69. The van der Waals surface area contributed by atoms with Gasteiger partial charge in [-0.05, 0) is 59.2 Å². The molecule has 0 aliphatic rings. The molecule has 0 fully saturated rings. The average Bonchev–Trinajstić information content (AvgIpc) is 2.19. The van der Waals surface area contributed by atoms with Crippen molar-refractivity contribution < 1.29 is 18.3 Å². The number of halogens is 5. The Balaban J connectivity index is 2.58. The number of alkyl halides is 3. The smallest absolute Gasteiger partial charge is 0.388 e.